The second kappa shape index (κ2) is 7.95. The van der Waals surface area contributed by atoms with Gasteiger partial charge in [-0.1, -0.05) is 17.7 Å². The van der Waals surface area contributed by atoms with E-state index >= 15 is 0 Å². The quantitative estimate of drug-likeness (QED) is 0.480. The molecule has 7 nitrogen and oxygen atoms in total. The van der Waals surface area contributed by atoms with Gasteiger partial charge in [-0.05, 0) is 31.2 Å². The number of hydrogen-bond acceptors (Lipinski definition) is 6. The molecule has 0 amide bonds. The van der Waals surface area contributed by atoms with Gasteiger partial charge in [0.05, 0.1) is 20.5 Å². The summed E-state index contributed by atoms with van der Waals surface area (Å²) < 4.78 is 27.1. The number of hydrogen-bond donors (Lipinski definition) is 1. The highest BCUT2D eigenvalue weighted by Crippen LogP contribution is 2.24. The molecule has 2 aromatic carbocycles. The van der Waals surface area contributed by atoms with E-state index in [0.29, 0.717) is 12.1 Å². The lowest BCUT2D eigenvalue weighted by Crippen LogP contribution is -2.25. The van der Waals surface area contributed by atoms with Gasteiger partial charge in [-0.3, -0.25) is 10.1 Å². The standard InChI is InChI=1S/C18H17N3O4S2/c1-13-2-8-16(9-3-13)27(24,25)19-11-10-18-20-17(12-26-18)14-4-6-15(7-5-14)21(22)23/h2-9,12,19H,10-11H2,1H3. The van der Waals surface area contributed by atoms with Crippen LogP contribution in [0, 0.1) is 17.0 Å². The van der Waals surface area contributed by atoms with Crippen LogP contribution in [0.15, 0.2) is 58.8 Å². The molecule has 3 aromatic rings. The average molecular weight is 403 g/mol. The minimum atomic E-state index is -3.54. The van der Waals surface area contributed by atoms with Gasteiger partial charge in [-0.15, -0.1) is 11.3 Å². The van der Waals surface area contributed by atoms with Crippen LogP contribution in [0.3, 0.4) is 0 Å². The fraction of sp³-hybridized carbons (Fsp3) is 0.167. The number of non-ortho nitro benzene ring substituents is 1. The molecule has 0 bridgehead atoms. The fourth-order valence-corrected chi connectivity index (χ4v) is 4.24. The van der Waals surface area contributed by atoms with Crippen LogP contribution in [0.1, 0.15) is 10.6 Å². The first-order valence-corrected chi connectivity index (χ1v) is 10.5. The Hall–Kier alpha value is -2.62. The smallest absolute Gasteiger partial charge is 0.258 e. The van der Waals surface area contributed by atoms with Crippen molar-refractivity contribution in [2.45, 2.75) is 18.2 Å². The molecule has 1 aromatic heterocycles. The number of aryl methyl sites for hydroxylation is 1. The van der Waals surface area contributed by atoms with Gasteiger partial charge in [-0.25, -0.2) is 18.1 Å². The Morgan fingerprint density at radius 1 is 1.11 bits per heavy atom. The summed E-state index contributed by atoms with van der Waals surface area (Å²) in [4.78, 5) is 15.0. The highest BCUT2D eigenvalue weighted by atomic mass is 32.2. The van der Waals surface area contributed by atoms with Gasteiger partial charge < -0.3 is 0 Å². The van der Waals surface area contributed by atoms with E-state index in [1.54, 1.807) is 36.4 Å². The van der Waals surface area contributed by atoms with Crippen molar-refractivity contribution in [1.29, 1.82) is 0 Å². The molecule has 27 heavy (non-hydrogen) atoms. The van der Waals surface area contributed by atoms with Crippen LogP contribution in [0.5, 0.6) is 0 Å². The molecule has 0 aliphatic heterocycles. The van der Waals surface area contributed by atoms with Crippen LogP contribution < -0.4 is 4.72 Å². The van der Waals surface area contributed by atoms with E-state index in [1.165, 1.54) is 23.5 Å². The Balaban J connectivity index is 1.61. The predicted molar refractivity (Wildman–Crippen MR) is 104 cm³/mol. The zero-order valence-electron chi connectivity index (χ0n) is 14.5. The molecule has 0 saturated carbocycles. The number of benzene rings is 2. The molecule has 1 heterocycles. The van der Waals surface area contributed by atoms with Crippen LogP contribution in [0.25, 0.3) is 11.3 Å². The molecule has 0 spiro atoms. The van der Waals surface area contributed by atoms with Crippen LogP contribution >= 0.6 is 11.3 Å². The molecular formula is C18H17N3O4S2. The van der Waals surface area contributed by atoms with Gasteiger partial charge in [0.1, 0.15) is 0 Å². The molecule has 1 N–H and O–H groups in total. The molecule has 0 atom stereocenters. The maximum atomic E-state index is 12.3. The molecule has 0 aliphatic carbocycles. The van der Waals surface area contributed by atoms with E-state index in [-0.39, 0.29) is 17.1 Å². The third-order valence-corrected chi connectivity index (χ3v) is 6.27. The molecule has 9 heteroatoms. The summed E-state index contributed by atoms with van der Waals surface area (Å²) in [5.74, 6) is 0. The number of aromatic nitrogens is 1. The summed E-state index contributed by atoms with van der Waals surface area (Å²) >= 11 is 1.42. The minimum Gasteiger partial charge on any atom is -0.258 e. The zero-order chi connectivity index (χ0) is 19.4. The van der Waals surface area contributed by atoms with Crippen molar-refractivity contribution in [2.24, 2.45) is 0 Å². The van der Waals surface area contributed by atoms with Crippen molar-refractivity contribution in [2.75, 3.05) is 6.54 Å². The molecule has 0 radical (unpaired) electrons. The van der Waals surface area contributed by atoms with E-state index in [0.717, 1.165) is 16.1 Å². The second-order valence-corrected chi connectivity index (χ2v) is 8.60. The van der Waals surface area contributed by atoms with E-state index in [1.807, 2.05) is 12.3 Å². The van der Waals surface area contributed by atoms with Crippen molar-refractivity contribution in [1.82, 2.24) is 9.71 Å². The van der Waals surface area contributed by atoms with Crippen LogP contribution in [0.4, 0.5) is 5.69 Å². The first-order valence-electron chi connectivity index (χ1n) is 8.11. The number of sulfonamides is 1. The number of nitro groups is 1. The Morgan fingerprint density at radius 2 is 1.78 bits per heavy atom. The second-order valence-electron chi connectivity index (χ2n) is 5.89. The summed E-state index contributed by atoms with van der Waals surface area (Å²) in [6, 6.07) is 12.8. The summed E-state index contributed by atoms with van der Waals surface area (Å²) in [5.41, 5.74) is 2.52. The molecule has 3 rings (SSSR count). The average Bonchev–Trinajstić information content (AvgIpc) is 3.11. The van der Waals surface area contributed by atoms with Gasteiger partial charge in [0, 0.05) is 36.0 Å². The Kier molecular flexibility index (Phi) is 5.64. The first-order chi connectivity index (χ1) is 12.8. The number of nitro benzene ring substituents is 1. The Labute approximate surface area is 160 Å². The topological polar surface area (TPSA) is 102 Å². The molecular weight excluding hydrogens is 386 g/mol. The van der Waals surface area contributed by atoms with E-state index in [2.05, 4.69) is 9.71 Å². The van der Waals surface area contributed by atoms with Crippen LogP contribution in [-0.2, 0) is 16.4 Å². The molecule has 0 fully saturated rings. The van der Waals surface area contributed by atoms with Gasteiger partial charge in [0.2, 0.25) is 10.0 Å². The maximum absolute atomic E-state index is 12.3. The SMILES string of the molecule is Cc1ccc(S(=O)(=O)NCCc2nc(-c3ccc([N+](=O)[O-])cc3)cs2)cc1. The van der Waals surface area contributed by atoms with Crippen LogP contribution in [0.2, 0.25) is 0 Å². The fourth-order valence-electron chi connectivity index (χ4n) is 2.41. The Morgan fingerprint density at radius 3 is 2.41 bits per heavy atom. The third kappa shape index (κ3) is 4.76. The lowest BCUT2D eigenvalue weighted by molar-refractivity contribution is -0.384. The lowest BCUT2D eigenvalue weighted by Gasteiger charge is -2.06. The third-order valence-electron chi connectivity index (χ3n) is 3.89. The monoisotopic (exact) mass is 403 g/mol. The van der Waals surface area contributed by atoms with Gasteiger partial charge in [0.15, 0.2) is 0 Å². The minimum absolute atomic E-state index is 0.0275. The Bertz CT molecular complexity index is 1040. The van der Waals surface area contributed by atoms with E-state index in [9.17, 15) is 18.5 Å². The normalized spacial score (nSPS) is 11.4. The number of rotatable bonds is 7. The number of nitrogens with zero attached hydrogens (tertiary/aromatic N) is 2. The van der Waals surface area contributed by atoms with Crippen LogP contribution in [-0.4, -0.2) is 24.9 Å². The maximum Gasteiger partial charge on any atom is 0.269 e. The number of nitrogens with one attached hydrogen (secondary N) is 1. The number of thiazole rings is 1. The molecule has 0 unspecified atom stereocenters. The molecule has 0 saturated heterocycles. The first kappa shape index (κ1) is 19.2. The lowest BCUT2D eigenvalue weighted by atomic mass is 10.1. The van der Waals surface area contributed by atoms with Gasteiger partial charge in [0.25, 0.3) is 5.69 Å². The largest absolute Gasteiger partial charge is 0.269 e. The van der Waals surface area contributed by atoms with E-state index < -0.39 is 14.9 Å². The highest BCUT2D eigenvalue weighted by molar-refractivity contribution is 7.89. The van der Waals surface area contributed by atoms with Gasteiger partial charge >= 0.3 is 0 Å². The van der Waals surface area contributed by atoms with Gasteiger partial charge in [-0.2, -0.15) is 0 Å². The summed E-state index contributed by atoms with van der Waals surface area (Å²) in [6.45, 7) is 2.14. The van der Waals surface area contributed by atoms with Crippen molar-refractivity contribution in [3.05, 3.63) is 74.6 Å². The molecule has 0 aliphatic rings. The van der Waals surface area contributed by atoms with Crippen molar-refractivity contribution >= 4 is 27.0 Å². The molecule has 140 valence electrons. The van der Waals surface area contributed by atoms with Crippen molar-refractivity contribution in [3.63, 3.8) is 0 Å². The summed E-state index contributed by atoms with van der Waals surface area (Å²) in [6.07, 6.45) is 0.461. The summed E-state index contributed by atoms with van der Waals surface area (Å²) in [7, 11) is -3.54. The van der Waals surface area contributed by atoms with Crippen molar-refractivity contribution < 1.29 is 13.3 Å². The predicted octanol–water partition coefficient (Wildman–Crippen LogP) is 3.55. The van der Waals surface area contributed by atoms with Crippen molar-refractivity contribution in [3.8, 4) is 11.3 Å². The zero-order valence-corrected chi connectivity index (χ0v) is 16.1. The summed E-state index contributed by atoms with van der Waals surface area (Å²) in [5, 5.41) is 13.3. The highest BCUT2D eigenvalue weighted by Gasteiger charge is 2.14. The van der Waals surface area contributed by atoms with E-state index in [4.69, 9.17) is 0 Å².